The fourth-order valence-electron chi connectivity index (χ4n) is 4.61. The number of halogens is 3. The second kappa shape index (κ2) is 8.46. The van der Waals surface area contributed by atoms with Crippen LogP contribution in [0.3, 0.4) is 0 Å². The molecule has 3 heterocycles. The molecule has 5 rings (SSSR count). The molecule has 0 unspecified atom stereocenters. The van der Waals surface area contributed by atoms with Gasteiger partial charge in [0.25, 0.3) is 5.91 Å². The lowest BCUT2D eigenvalue weighted by atomic mass is 10.1. The molecule has 11 heteroatoms. The van der Waals surface area contributed by atoms with Crippen LogP contribution in [0.25, 0.3) is 0 Å². The molecule has 34 heavy (non-hydrogen) atoms. The van der Waals surface area contributed by atoms with Gasteiger partial charge < -0.3 is 14.7 Å². The Labute approximate surface area is 199 Å². The highest BCUT2D eigenvalue weighted by atomic mass is 32.2. The van der Waals surface area contributed by atoms with Crippen molar-refractivity contribution in [2.75, 3.05) is 43.0 Å². The predicted molar refractivity (Wildman–Crippen MR) is 123 cm³/mol. The Morgan fingerprint density at radius 3 is 2.32 bits per heavy atom. The van der Waals surface area contributed by atoms with E-state index < -0.39 is 17.1 Å². The van der Waals surface area contributed by atoms with Crippen molar-refractivity contribution in [1.29, 1.82) is 0 Å². The van der Waals surface area contributed by atoms with E-state index in [2.05, 4.69) is 21.8 Å². The maximum absolute atomic E-state index is 13.4. The van der Waals surface area contributed by atoms with Crippen LogP contribution < -0.4 is 9.80 Å². The van der Waals surface area contributed by atoms with Crippen molar-refractivity contribution in [2.24, 2.45) is 0 Å². The van der Waals surface area contributed by atoms with Crippen LogP contribution in [-0.4, -0.2) is 71.0 Å². The molecule has 0 radical (unpaired) electrons. The lowest BCUT2D eigenvalue weighted by Gasteiger charge is -2.35. The molecular formula is C23H24F3N5O2S. The summed E-state index contributed by atoms with van der Waals surface area (Å²) in [6.45, 7) is 3.82. The minimum Gasteiger partial charge on any atom is -0.367 e. The van der Waals surface area contributed by atoms with Gasteiger partial charge in [-0.1, -0.05) is 0 Å². The summed E-state index contributed by atoms with van der Waals surface area (Å²) >= 11 is -0.229. The second-order valence-corrected chi connectivity index (χ2v) is 10.0. The van der Waals surface area contributed by atoms with E-state index in [1.54, 1.807) is 17.3 Å². The third-order valence-corrected chi connectivity index (χ3v) is 7.39. The van der Waals surface area contributed by atoms with Gasteiger partial charge in [-0.3, -0.25) is 9.78 Å². The zero-order chi connectivity index (χ0) is 24.1. The van der Waals surface area contributed by atoms with Gasteiger partial charge in [-0.05, 0) is 67.5 Å². The highest BCUT2D eigenvalue weighted by Crippen LogP contribution is 2.50. The number of pyridine rings is 1. The largest absolute Gasteiger partial charge is 0.446 e. The topological polar surface area (TPSA) is 60.0 Å². The normalized spacial score (nSPS) is 20.5. The maximum atomic E-state index is 13.4. The number of anilines is 2. The smallest absolute Gasteiger partial charge is 0.367 e. The maximum Gasteiger partial charge on any atom is 0.446 e. The van der Waals surface area contributed by atoms with Gasteiger partial charge in [0, 0.05) is 37.3 Å². The molecule has 1 aromatic heterocycles. The lowest BCUT2D eigenvalue weighted by molar-refractivity contribution is -0.120. The minimum atomic E-state index is -4.40. The minimum absolute atomic E-state index is 0.00180. The van der Waals surface area contributed by atoms with E-state index >= 15 is 0 Å². The van der Waals surface area contributed by atoms with Crippen LogP contribution in [-0.2, 0) is 11.3 Å². The molecule has 3 amide bonds. The number of thioether (sulfide) groups is 1. The lowest BCUT2D eigenvalue weighted by Crippen LogP contribution is -2.45. The molecule has 0 atom stereocenters. The molecule has 2 aliphatic heterocycles. The number of carbonyl (C=O) groups is 2. The summed E-state index contributed by atoms with van der Waals surface area (Å²) in [6.07, 6.45) is 4.64. The summed E-state index contributed by atoms with van der Waals surface area (Å²) in [5.41, 5.74) is -3.12. The fourth-order valence-corrected chi connectivity index (χ4v) is 5.15. The molecule has 1 saturated carbocycles. The number of aromatic nitrogens is 1. The van der Waals surface area contributed by atoms with E-state index in [1.165, 1.54) is 24.3 Å². The summed E-state index contributed by atoms with van der Waals surface area (Å²) < 4.78 is 37.9. The Balaban J connectivity index is 1.39. The number of nitrogens with zero attached hydrogens (tertiary/aromatic N) is 5. The Hall–Kier alpha value is -2.79. The molecule has 2 saturated heterocycles. The van der Waals surface area contributed by atoms with Gasteiger partial charge in [0.1, 0.15) is 5.54 Å². The zero-order valence-electron chi connectivity index (χ0n) is 18.6. The number of alkyl halides is 3. The molecule has 3 aliphatic rings. The van der Waals surface area contributed by atoms with Crippen molar-refractivity contribution in [3.63, 3.8) is 0 Å². The van der Waals surface area contributed by atoms with Crippen LogP contribution in [0.5, 0.6) is 0 Å². The van der Waals surface area contributed by atoms with Crippen molar-refractivity contribution in [3.8, 4) is 0 Å². The van der Waals surface area contributed by atoms with Crippen molar-refractivity contribution in [1.82, 2.24) is 14.8 Å². The number of rotatable bonds is 5. The molecular weight excluding hydrogens is 467 g/mol. The molecule has 1 aliphatic carbocycles. The Kier molecular flexibility index (Phi) is 5.71. The monoisotopic (exact) mass is 491 g/mol. The average molecular weight is 492 g/mol. The predicted octanol–water partition coefficient (Wildman–Crippen LogP) is 3.95. The quantitative estimate of drug-likeness (QED) is 0.467. The van der Waals surface area contributed by atoms with Crippen LogP contribution in [0.15, 0.2) is 47.6 Å². The van der Waals surface area contributed by atoms with Crippen LogP contribution in [0.1, 0.15) is 18.4 Å². The number of hydrogen-bond donors (Lipinski definition) is 0. The van der Waals surface area contributed by atoms with Crippen molar-refractivity contribution in [2.45, 2.75) is 35.3 Å². The van der Waals surface area contributed by atoms with Gasteiger partial charge >= 0.3 is 11.5 Å². The summed E-state index contributed by atoms with van der Waals surface area (Å²) in [5, 5.41) is 0. The number of imide groups is 1. The zero-order valence-corrected chi connectivity index (χ0v) is 19.4. The standard InChI is InChI=1S/C23H24F3N5O2S/c1-28-10-12-29(13-11-28)19-14-27-9-6-16(19)15-30-21(33)31(20(32)22(30)7-8-22)17-2-4-18(5-3-17)34-23(24,25)26/h2-6,9,14H,7-8,10-13,15H2,1H3. The Bertz CT molecular complexity index is 1100. The van der Waals surface area contributed by atoms with E-state index in [0.717, 1.165) is 42.3 Å². The number of benzene rings is 1. The molecule has 3 fully saturated rings. The third kappa shape index (κ3) is 4.22. The summed E-state index contributed by atoms with van der Waals surface area (Å²) in [4.78, 5) is 38.2. The number of piperazine rings is 1. The van der Waals surface area contributed by atoms with Crippen LogP contribution in [0.4, 0.5) is 29.3 Å². The van der Waals surface area contributed by atoms with Gasteiger partial charge in [-0.25, -0.2) is 9.69 Å². The molecule has 7 nitrogen and oxygen atoms in total. The van der Waals surface area contributed by atoms with E-state index in [9.17, 15) is 22.8 Å². The first-order valence-electron chi connectivity index (χ1n) is 11.1. The van der Waals surface area contributed by atoms with E-state index in [-0.39, 0.29) is 34.8 Å². The summed E-state index contributed by atoms with van der Waals surface area (Å²) in [7, 11) is 2.08. The fraction of sp³-hybridized carbons (Fsp3) is 0.435. The van der Waals surface area contributed by atoms with Crippen molar-refractivity contribution < 1.29 is 22.8 Å². The van der Waals surface area contributed by atoms with Gasteiger partial charge in [0.15, 0.2) is 0 Å². The average Bonchev–Trinajstić information content (AvgIpc) is 3.57. The van der Waals surface area contributed by atoms with E-state index in [4.69, 9.17) is 0 Å². The number of carbonyl (C=O) groups excluding carboxylic acids is 2. The highest BCUT2D eigenvalue weighted by Gasteiger charge is 2.65. The highest BCUT2D eigenvalue weighted by molar-refractivity contribution is 8.00. The van der Waals surface area contributed by atoms with Gasteiger partial charge in [-0.15, -0.1) is 0 Å². The van der Waals surface area contributed by atoms with E-state index in [0.29, 0.717) is 12.8 Å². The van der Waals surface area contributed by atoms with Gasteiger partial charge in [0.2, 0.25) is 0 Å². The third-order valence-electron chi connectivity index (χ3n) is 6.65. The summed E-state index contributed by atoms with van der Waals surface area (Å²) in [5.74, 6) is -0.316. The molecule has 0 bridgehead atoms. The first-order valence-corrected chi connectivity index (χ1v) is 11.9. The van der Waals surface area contributed by atoms with Crippen molar-refractivity contribution >= 4 is 35.1 Å². The molecule has 2 aromatic rings. The van der Waals surface area contributed by atoms with Crippen LogP contribution in [0.2, 0.25) is 0 Å². The number of amides is 3. The summed E-state index contributed by atoms with van der Waals surface area (Å²) in [6, 6.07) is 6.79. The molecule has 1 spiro atoms. The SMILES string of the molecule is CN1CCN(c2cnccc2CN2C(=O)N(c3ccc(SC(F)(F)F)cc3)C(=O)C23CC3)CC1. The van der Waals surface area contributed by atoms with E-state index in [1.807, 2.05) is 6.07 Å². The van der Waals surface area contributed by atoms with Crippen molar-refractivity contribution in [3.05, 3.63) is 48.3 Å². The second-order valence-electron chi connectivity index (χ2n) is 8.88. The first-order chi connectivity index (χ1) is 16.2. The first kappa shape index (κ1) is 23.0. The van der Waals surface area contributed by atoms with Gasteiger partial charge in [0.05, 0.1) is 24.1 Å². The number of hydrogen-bond acceptors (Lipinski definition) is 6. The van der Waals surface area contributed by atoms with Crippen LogP contribution >= 0.6 is 11.8 Å². The molecule has 180 valence electrons. The molecule has 0 N–H and O–H groups in total. The number of urea groups is 1. The van der Waals surface area contributed by atoms with Gasteiger partial charge in [-0.2, -0.15) is 13.2 Å². The van der Waals surface area contributed by atoms with Crippen LogP contribution in [0, 0.1) is 0 Å². The number of likely N-dealkylation sites (N-methyl/N-ethyl adjacent to an activating group) is 1. The molecule has 1 aromatic carbocycles. The Morgan fingerprint density at radius 2 is 1.71 bits per heavy atom. The Morgan fingerprint density at radius 1 is 1.03 bits per heavy atom.